The summed E-state index contributed by atoms with van der Waals surface area (Å²) in [6.45, 7) is -0.415. The molecule has 2 aromatic carbocycles. The van der Waals surface area contributed by atoms with Gasteiger partial charge in [0.25, 0.3) is 0 Å². The van der Waals surface area contributed by atoms with Gasteiger partial charge in [0.05, 0.1) is 12.3 Å². The number of hydrogen-bond acceptors (Lipinski definition) is 8. The van der Waals surface area contributed by atoms with Crippen LogP contribution in [0.25, 0.3) is 11.0 Å². The molecule has 0 saturated carbocycles. The number of carbonyl (C=O) groups is 2. The second-order valence-corrected chi connectivity index (χ2v) is 7.79. The van der Waals surface area contributed by atoms with Gasteiger partial charge in [0, 0.05) is 30.0 Å². The molecule has 0 amide bonds. The van der Waals surface area contributed by atoms with E-state index >= 15 is 0 Å². The van der Waals surface area contributed by atoms with Crippen molar-refractivity contribution in [1.82, 2.24) is 0 Å². The highest BCUT2D eigenvalue weighted by molar-refractivity contribution is 8.03. The lowest BCUT2D eigenvalue weighted by Crippen LogP contribution is -2.20. The molecule has 0 bridgehead atoms. The molecule has 3 aromatic rings. The highest BCUT2D eigenvalue weighted by Gasteiger charge is 2.29. The third-order valence-corrected chi connectivity index (χ3v) is 6.09. The van der Waals surface area contributed by atoms with Gasteiger partial charge >= 0.3 is 5.97 Å². The normalized spacial score (nSPS) is 14.3. The maximum absolute atomic E-state index is 12.7. The minimum Gasteiger partial charge on any atom is -0.451 e. The van der Waals surface area contributed by atoms with Crippen LogP contribution in [0.3, 0.4) is 0 Å². The van der Waals surface area contributed by atoms with Gasteiger partial charge in [-0.1, -0.05) is 42.1 Å². The van der Waals surface area contributed by atoms with E-state index in [9.17, 15) is 14.9 Å². The van der Waals surface area contributed by atoms with Gasteiger partial charge in [-0.3, -0.25) is 4.79 Å². The van der Waals surface area contributed by atoms with E-state index in [4.69, 9.17) is 13.9 Å². The third kappa shape index (κ3) is 3.81. The largest absolute Gasteiger partial charge is 0.451 e. The Balaban J connectivity index is 1.54. The number of hydrogen-bond donors (Lipinski definition) is 0. The molecule has 8 heteroatoms. The second-order valence-electron chi connectivity index (χ2n) is 6.76. The fraction of sp³-hybridized carbons (Fsp3) is 0.174. The van der Waals surface area contributed by atoms with Crippen molar-refractivity contribution in [1.29, 1.82) is 5.26 Å². The van der Waals surface area contributed by atoms with Gasteiger partial charge in [-0.25, -0.2) is 4.79 Å². The van der Waals surface area contributed by atoms with Crippen molar-refractivity contribution in [2.75, 3.05) is 25.7 Å². The molecule has 0 atom stereocenters. The fourth-order valence-electron chi connectivity index (χ4n) is 3.37. The molecular formula is C23H18N2O5S. The number of esters is 1. The zero-order valence-corrected chi connectivity index (χ0v) is 17.7. The fourth-order valence-corrected chi connectivity index (χ4v) is 4.53. The number of benzene rings is 2. The summed E-state index contributed by atoms with van der Waals surface area (Å²) in [7, 11) is 3.30. The minimum atomic E-state index is -0.783. The summed E-state index contributed by atoms with van der Waals surface area (Å²) in [5, 5.41) is 10.8. The number of ketones is 1. The molecule has 2 heterocycles. The number of ether oxygens (including phenoxy) is 2. The van der Waals surface area contributed by atoms with Crippen LogP contribution in [-0.2, 0) is 20.9 Å². The van der Waals surface area contributed by atoms with Crippen molar-refractivity contribution >= 4 is 40.2 Å². The van der Waals surface area contributed by atoms with Crippen LogP contribution in [0.1, 0.15) is 16.1 Å². The van der Waals surface area contributed by atoms with E-state index < -0.39 is 18.4 Å². The van der Waals surface area contributed by atoms with Gasteiger partial charge in [0.15, 0.2) is 6.61 Å². The quantitative estimate of drug-likeness (QED) is 0.322. The number of carbonyl (C=O) groups excluding carboxylic acids is 2. The molecule has 1 aliphatic heterocycles. The number of Topliss-reactive ketones (excluding diaryl/α,β-unsaturated/α-hetero) is 1. The first-order valence-electron chi connectivity index (χ1n) is 9.39. The lowest BCUT2D eigenvalue weighted by Gasteiger charge is -2.14. The summed E-state index contributed by atoms with van der Waals surface area (Å²) in [5.74, 6) is -1.38. The number of nitrogens with zero attached hydrogens (tertiary/aromatic N) is 2. The standard InChI is InChI=1S/C23H18N2O5S/c1-25-17-8-4-6-10-20(17)31-22(25)15(11-24)18(26)13-29-23(27)21-16(12-28-2)14-7-3-5-9-19(14)30-21/h3-10H,12-13H2,1-2H3/b22-15+. The average molecular weight is 434 g/mol. The van der Waals surface area contributed by atoms with Gasteiger partial charge in [-0.15, -0.1) is 0 Å². The number of anilines is 1. The van der Waals surface area contributed by atoms with Crippen LogP contribution in [0.2, 0.25) is 0 Å². The van der Waals surface area contributed by atoms with E-state index in [2.05, 4.69) is 0 Å². The molecule has 0 saturated heterocycles. The monoisotopic (exact) mass is 434 g/mol. The van der Waals surface area contributed by atoms with Crippen molar-refractivity contribution in [2.45, 2.75) is 11.5 Å². The number of rotatable bonds is 6. The molecule has 1 aromatic heterocycles. The first-order valence-corrected chi connectivity index (χ1v) is 10.2. The number of furan rings is 1. The first kappa shape index (κ1) is 20.7. The molecule has 0 fully saturated rings. The lowest BCUT2D eigenvalue weighted by molar-refractivity contribution is -0.118. The third-order valence-electron chi connectivity index (χ3n) is 4.85. The predicted molar refractivity (Wildman–Crippen MR) is 116 cm³/mol. The maximum Gasteiger partial charge on any atom is 0.375 e. The van der Waals surface area contributed by atoms with E-state index in [0.717, 1.165) is 16.0 Å². The number of para-hydroxylation sites is 2. The minimum absolute atomic E-state index is 0.0122. The summed E-state index contributed by atoms with van der Waals surface area (Å²) >= 11 is 1.33. The smallest absolute Gasteiger partial charge is 0.375 e. The highest BCUT2D eigenvalue weighted by Crippen LogP contribution is 2.46. The van der Waals surface area contributed by atoms with Gasteiger partial charge < -0.3 is 18.8 Å². The van der Waals surface area contributed by atoms with Crippen LogP contribution in [0.4, 0.5) is 5.69 Å². The molecule has 1 aliphatic rings. The Morgan fingerprint density at radius 2 is 1.90 bits per heavy atom. The molecule has 31 heavy (non-hydrogen) atoms. The summed E-state index contributed by atoms with van der Waals surface area (Å²) in [4.78, 5) is 28.1. The lowest BCUT2D eigenvalue weighted by atomic mass is 10.1. The van der Waals surface area contributed by atoms with Crippen molar-refractivity contribution in [3.8, 4) is 6.07 Å². The van der Waals surface area contributed by atoms with Crippen LogP contribution in [0.5, 0.6) is 0 Å². The zero-order valence-electron chi connectivity index (χ0n) is 16.9. The molecule has 0 aliphatic carbocycles. The van der Waals surface area contributed by atoms with Crippen LogP contribution >= 0.6 is 11.8 Å². The topological polar surface area (TPSA) is 92.8 Å². The predicted octanol–water partition coefficient (Wildman–Crippen LogP) is 4.28. The van der Waals surface area contributed by atoms with Gasteiger partial charge in [-0.2, -0.15) is 5.26 Å². The molecule has 156 valence electrons. The summed E-state index contributed by atoms with van der Waals surface area (Å²) < 4.78 is 16.0. The first-order chi connectivity index (χ1) is 15.0. The number of nitriles is 1. The van der Waals surface area contributed by atoms with Crippen molar-refractivity contribution in [3.05, 3.63) is 70.5 Å². The molecular weight excluding hydrogens is 416 g/mol. The van der Waals surface area contributed by atoms with Crippen LogP contribution in [-0.4, -0.2) is 32.5 Å². The SMILES string of the molecule is COCc1c(C(=O)OCC(=O)/C(C#N)=C2/Sc3ccccc3N2C)oc2ccccc12. The summed E-state index contributed by atoms with van der Waals surface area (Å²) in [5.41, 5.74) is 1.93. The van der Waals surface area contributed by atoms with Gasteiger partial charge in [0.1, 0.15) is 22.3 Å². The maximum atomic E-state index is 12.7. The van der Waals surface area contributed by atoms with Gasteiger partial charge in [0.2, 0.25) is 11.5 Å². The van der Waals surface area contributed by atoms with Crippen molar-refractivity contribution in [2.24, 2.45) is 0 Å². The Hall–Kier alpha value is -3.54. The number of methoxy groups -OCH3 is 1. The van der Waals surface area contributed by atoms with Crippen LogP contribution < -0.4 is 4.90 Å². The van der Waals surface area contributed by atoms with E-state index in [1.165, 1.54) is 18.9 Å². The average Bonchev–Trinajstić information content (AvgIpc) is 3.32. The molecule has 4 rings (SSSR count). The van der Waals surface area contributed by atoms with Crippen molar-refractivity contribution in [3.63, 3.8) is 0 Å². The molecule has 0 unspecified atom stereocenters. The zero-order chi connectivity index (χ0) is 22.0. The highest BCUT2D eigenvalue weighted by atomic mass is 32.2. The second kappa shape index (κ2) is 8.68. The molecule has 0 radical (unpaired) electrons. The van der Waals surface area contributed by atoms with Gasteiger partial charge in [-0.05, 0) is 18.2 Å². The van der Waals surface area contributed by atoms with E-state index in [1.807, 2.05) is 42.5 Å². The Morgan fingerprint density at radius 3 is 2.65 bits per heavy atom. The van der Waals surface area contributed by atoms with Crippen molar-refractivity contribution < 1.29 is 23.5 Å². The summed E-state index contributed by atoms with van der Waals surface area (Å²) in [6.07, 6.45) is 0. The van der Waals surface area contributed by atoms with E-state index in [-0.39, 0.29) is 17.9 Å². The molecule has 0 spiro atoms. The van der Waals surface area contributed by atoms with E-state index in [1.54, 1.807) is 24.1 Å². The summed E-state index contributed by atoms with van der Waals surface area (Å²) in [6, 6.07) is 16.7. The Morgan fingerprint density at radius 1 is 1.16 bits per heavy atom. The number of fused-ring (bicyclic) bond motifs is 2. The Kier molecular flexibility index (Phi) is 5.80. The molecule has 0 N–H and O–H groups in total. The Labute approximate surface area is 182 Å². The van der Waals surface area contributed by atoms with Crippen LogP contribution in [0.15, 0.2) is 68.4 Å². The van der Waals surface area contributed by atoms with Crippen LogP contribution in [0, 0.1) is 11.3 Å². The number of thioether (sulfide) groups is 1. The molecule has 7 nitrogen and oxygen atoms in total. The Bertz CT molecular complexity index is 1250. The van der Waals surface area contributed by atoms with E-state index in [0.29, 0.717) is 16.2 Å².